The van der Waals surface area contributed by atoms with Crippen LogP contribution in [0.4, 0.5) is 0 Å². The Kier molecular flexibility index (Phi) is 3.87. The lowest BCUT2D eigenvalue weighted by Crippen LogP contribution is -2.47. The highest BCUT2D eigenvalue weighted by atomic mass is 32.2. The Bertz CT molecular complexity index is 281. The molecule has 0 aromatic rings. The third-order valence-corrected chi connectivity index (χ3v) is 2.59. The van der Waals surface area contributed by atoms with Crippen molar-refractivity contribution in [1.82, 2.24) is 5.32 Å². The summed E-state index contributed by atoms with van der Waals surface area (Å²) >= 11 is 0. The van der Waals surface area contributed by atoms with Crippen LogP contribution in [-0.4, -0.2) is 43.6 Å². The van der Waals surface area contributed by atoms with Gasteiger partial charge in [0.1, 0.15) is 9.84 Å². The second kappa shape index (κ2) is 4.06. The normalized spacial score (nSPS) is 12.8. The van der Waals surface area contributed by atoms with Crippen molar-refractivity contribution in [2.75, 3.05) is 18.6 Å². The molecule has 5 nitrogen and oxygen atoms in total. The van der Waals surface area contributed by atoms with E-state index in [1.165, 1.54) is 0 Å². The van der Waals surface area contributed by atoms with Crippen LogP contribution < -0.4 is 5.32 Å². The number of carboxylic acids is 1. The van der Waals surface area contributed by atoms with E-state index in [9.17, 15) is 13.2 Å². The molecule has 0 bridgehead atoms. The minimum atomic E-state index is -3.09. The number of nitrogens with one attached hydrogen (secondary N) is 1. The first-order chi connectivity index (χ1) is 5.62. The SMILES string of the molecule is CC(C)(CS(C)(=O)=O)NCC(=O)O. The van der Waals surface area contributed by atoms with E-state index in [1.807, 2.05) is 0 Å². The van der Waals surface area contributed by atoms with Gasteiger partial charge in [0.25, 0.3) is 0 Å². The minimum absolute atomic E-state index is 0.0761. The lowest BCUT2D eigenvalue weighted by molar-refractivity contribution is -0.136. The molecule has 0 radical (unpaired) electrons. The molecule has 0 unspecified atom stereocenters. The van der Waals surface area contributed by atoms with Crippen LogP contribution in [0.25, 0.3) is 0 Å². The molecule has 78 valence electrons. The number of hydrogen-bond donors (Lipinski definition) is 2. The average molecular weight is 209 g/mol. The first-order valence-electron chi connectivity index (χ1n) is 3.77. The van der Waals surface area contributed by atoms with Crippen LogP contribution in [0.1, 0.15) is 13.8 Å². The molecule has 0 amide bonds. The molecule has 0 saturated carbocycles. The van der Waals surface area contributed by atoms with Gasteiger partial charge < -0.3 is 10.4 Å². The number of carboxylic acid groups (broad SMARTS) is 1. The molecule has 0 atom stereocenters. The van der Waals surface area contributed by atoms with Crippen LogP contribution >= 0.6 is 0 Å². The van der Waals surface area contributed by atoms with Crippen molar-refractivity contribution in [3.63, 3.8) is 0 Å². The van der Waals surface area contributed by atoms with Gasteiger partial charge in [-0.15, -0.1) is 0 Å². The van der Waals surface area contributed by atoms with Crippen molar-refractivity contribution >= 4 is 15.8 Å². The molecular weight excluding hydrogens is 194 g/mol. The highest BCUT2D eigenvalue weighted by Gasteiger charge is 2.23. The van der Waals surface area contributed by atoms with Gasteiger partial charge in [0.15, 0.2) is 0 Å². The van der Waals surface area contributed by atoms with Crippen LogP contribution in [0, 0.1) is 0 Å². The van der Waals surface area contributed by atoms with Gasteiger partial charge in [-0.3, -0.25) is 4.79 Å². The highest BCUT2D eigenvalue weighted by Crippen LogP contribution is 2.04. The largest absolute Gasteiger partial charge is 0.480 e. The summed E-state index contributed by atoms with van der Waals surface area (Å²) in [6, 6.07) is 0. The van der Waals surface area contributed by atoms with Gasteiger partial charge in [-0.1, -0.05) is 0 Å². The number of aliphatic carboxylic acids is 1. The molecule has 0 heterocycles. The van der Waals surface area contributed by atoms with Gasteiger partial charge in [-0.25, -0.2) is 8.42 Å². The third kappa shape index (κ3) is 7.73. The van der Waals surface area contributed by atoms with E-state index in [4.69, 9.17) is 5.11 Å². The average Bonchev–Trinajstić information content (AvgIpc) is 1.78. The Labute approximate surface area is 78.1 Å². The summed E-state index contributed by atoms with van der Waals surface area (Å²) in [7, 11) is -3.09. The van der Waals surface area contributed by atoms with Gasteiger partial charge in [0.2, 0.25) is 0 Å². The molecule has 0 aliphatic rings. The molecular formula is C7H15NO4S. The summed E-state index contributed by atoms with van der Waals surface area (Å²) in [6.45, 7) is 3.07. The van der Waals surface area contributed by atoms with Crippen molar-refractivity contribution in [1.29, 1.82) is 0 Å². The molecule has 0 fully saturated rings. The van der Waals surface area contributed by atoms with E-state index in [0.717, 1.165) is 6.26 Å². The van der Waals surface area contributed by atoms with Gasteiger partial charge >= 0.3 is 5.97 Å². The van der Waals surface area contributed by atoms with E-state index in [1.54, 1.807) is 13.8 Å². The summed E-state index contributed by atoms with van der Waals surface area (Å²) in [5.41, 5.74) is -0.702. The predicted molar refractivity (Wildman–Crippen MR) is 49.4 cm³/mol. The Morgan fingerprint density at radius 2 is 1.92 bits per heavy atom. The van der Waals surface area contributed by atoms with Crippen molar-refractivity contribution in [2.45, 2.75) is 19.4 Å². The number of hydrogen-bond acceptors (Lipinski definition) is 4. The maximum Gasteiger partial charge on any atom is 0.317 e. The maximum absolute atomic E-state index is 10.9. The Morgan fingerprint density at radius 3 is 2.23 bits per heavy atom. The number of sulfone groups is 1. The molecule has 0 saturated heterocycles. The van der Waals surface area contributed by atoms with Crippen molar-refractivity contribution in [2.24, 2.45) is 0 Å². The zero-order valence-corrected chi connectivity index (χ0v) is 8.81. The fourth-order valence-electron chi connectivity index (χ4n) is 1.02. The van der Waals surface area contributed by atoms with Crippen LogP contribution in [0.3, 0.4) is 0 Å². The van der Waals surface area contributed by atoms with E-state index >= 15 is 0 Å². The molecule has 0 aliphatic carbocycles. The number of carbonyl (C=O) groups is 1. The summed E-state index contributed by atoms with van der Waals surface area (Å²) in [4.78, 5) is 10.2. The molecule has 0 rings (SSSR count). The Hall–Kier alpha value is -0.620. The molecule has 13 heavy (non-hydrogen) atoms. The van der Waals surface area contributed by atoms with Gasteiger partial charge in [-0.05, 0) is 13.8 Å². The smallest absolute Gasteiger partial charge is 0.317 e. The summed E-state index contributed by atoms with van der Waals surface area (Å²) in [5, 5.41) is 11.0. The van der Waals surface area contributed by atoms with Crippen molar-refractivity contribution in [3.05, 3.63) is 0 Å². The van der Waals surface area contributed by atoms with Crippen molar-refractivity contribution in [3.8, 4) is 0 Å². The van der Waals surface area contributed by atoms with E-state index in [2.05, 4.69) is 5.32 Å². The van der Waals surface area contributed by atoms with Crippen LogP contribution in [0.2, 0.25) is 0 Å². The molecule has 0 aromatic carbocycles. The zero-order valence-electron chi connectivity index (χ0n) is 7.99. The molecule has 0 aromatic heterocycles. The fraction of sp³-hybridized carbons (Fsp3) is 0.857. The maximum atomic E-state index is 10.9. The first-order valence-corrected chi connectivity index (χ1v) is 5.83. The van der Waals surface area contributed by atoms with Crippen LogP contribution in [-0.2, 0) is 14.6 Å². The quantitative estimate of drug-likeness (QED) is 0.636. The van der Waals surface area contributed by atoms with Crippen LogP contribution in [0.15, 0.2) is 0 Å². The van der Waals surface area contributed by atoms with Crippen molar-refractivity contribution < 1.29 is 18.3 Å². The summed E-state index contributed by atoms with van der Waals surface area (Å²) in [5.74, 6) is -1.07. The lowest BCUT2D eigenvalue weighted by Gasteiger charge is -2.24. The molecule has 0 spiro atoms. The van der Waals surface area contributed by atoms with Gasteiger partial charge in [0, 0.05) is 11.8 Å². The van der Waals surface area contributed by atoms with Gasteiger partial charge in [-0.2, -0.15) is 0 Å². The Balaban J connectivity index is 4.17. The zero-order chi connectivity index (χ0) is 10.7. The standard InChI is InChI=1S/C7H15NO4S/c1-7(2,5-13(3,11)12)8-4-6(9)10/h8H,4-5H2,1-3H3,(H,9,10). The second-order valence-electron chi connectivity index (χ2n) is 3.70. The fourth-order valence-corrected chi connectivity index (χ4v) is 2.43. The Morgan fingerprint density at radius 1 is 1.46 bits per heavy atom. The lowest BCUT2D eigenvalue weighted by atomic mass is 10.1. The monoisotopic (exact) mass is 209 g/mol. The first kappa shape index (κ1) is 12.4. The highest BCUT2D eigenvalue weighted by molar-refractivity contribution is 7.90. The third-order valence-electron chi connectivity index (χ3n) is 1.34. The summed E-state index contributed by atoms with van der Waals surface area (Å²) in [6.07, 6.45) is 1.12. The summed E-state index contributed by atoms with van der Waals surface area (Å²) < 4.78 is 21.8. The second-order valence-corrected chi connectivity index (χ2v) is 5.84. The molecule has 2 N–H and O–H groups in total. The van der Waals surface area contributed by atoms with E-state index < -0.39 is 21.3 Å². The minimum Gasteiger partial charge on any atom is -0.480 e. The van der Waals surface area contributed by atoms with Gasteiger partial charge in [0.05, 0.1) is 12.3 Å². The number of rotatable bonds is 5. The van der Waals surface area contributed by atoms with E-state index in [-0.39, 0.29) is 12.3 Å². The predicted octanol–water partition coefficient (Wildman–Crippen LogP) is -0.516. The topological polar surface area (TPSA) is 83.5 Å². The molecule has 6 heteroatoms. The van der Waals surface area contributed by atoms with E-state index in [0.29, 0.717) is 0 Å². The van der Waals surface area contributed by atoms with Crippen LogP contribution in [0.5, 0.6) is 0 Å². The molecule has 0 aliphatic heterocycles.